The van der Waals surface area contributed by atoms with E-state index in [2.05, 4.69) is 25.9 Å². The van der Waals surface area contributed by atoms with Gasteiger partial charge in [0.05, 0.1) is 6.61 Å². The molecule has 2 rings (SSSR count). The number of hydrogen-bond acceptors (Lipinski definition) is 4. The van der Waals surface area contributed by atoms with Crippen LogP contribution in [0.2, 0.25) is 5.28 Å². The van der Waals surface area contributed by atoms with E-state index in [0.717, 1.165) is 12.8 Å². The maximum Gasteiger partial charge on any atom is 0.327 e. The fourth-order valence-corrected chi connectivity index (χ4v) is 2.61. The lowest BCUT2D eigenvalue weighted by atomic mass is 9.96. The third-order valence-corrected chi connectivity index (χ3v) is 4.38. The Balaban J connectivity index is 2.33. The van der Waals surface area contributed by atoms with Crippen LogP contribution in [0.15, 0.2) is 12.4 Å². The van der Waals surface area contributed by atoms with E-state index in [1.807, 2.05) is 0 Å². The standard InChI is InChI=1S/C11H12BrClN2O2/c1-2-17-9(16)11(12,7-3-4-7)8-5-14-10(13)15-6-8/h5-7H,2-4H2,1H3/t11-/m0/s1. The molecule has 0 saturated heterocycles. The van der Waals surface area contributed by atoms with Gasteiger partial charge in [0.25, 0.3) is 0 Å². The molecule has 0 spiro atoms. The number of carbonyl (C=O) groups is 1. The first-order valence-electron chi connectivity index (χ1n) is 5.43. The highest BCUT2D eigenvalue weighted by atomic mass is 79.9. The maximum absolute atomic E-state index is 12.1. The number of hydrogen-bond donors (Lipinski definition) is 0. The van der Waals surface area contributed by atoms with E-state index in [0.29, 0.717) is 12.2 Å². The molecule has 17 heavy (non-hydrogen) atoms. The van der Waals surface area contributed by atoms with Crippen LogP contribution in [-0.4, -0.2) is 22.5 Å². The van der Waals surface area contributed by atoms with E-state index >= 15 is 0 Å². The number of nitrogens with zero attached hydrogens (tertiary/aromatic N) is 2. The molecule has 0 bridgehead atoms. The van der Waals surface area contributed by atoms with Gasteiger partial charge in [-0.1, -0.05) is 15.9 Å². The number of ether oxygens (including phenoxy) is 1. The second-order valence-corrected chi connectivity index (χ2v) is 5.54. The zero-order chi connectivity index (χ0) is 12.5. The molecule has 1 aromatic heterocycles. The van der Waals surface area contributed by atoms with Crippen LogP contribution in [-0.2, 0) is 13.9 Å². The Kier molecular flexibility index (Phi) is 3.68. The minimum Gasteiger partial charge on any atom is -0.465 e. The first kappa shape index (κ1) is 12.8. The fourth-order valence-electron chi connectivity index (χ4n) is 1.74. The highest BCUT2D eigenvalue weighted by Crippen LogP contribution is 2.52. The van der Waals surface area contributed by atoms with Crippen molar-refractivity contribution in [3.63, 3.8) is 0 Å². The quantitative estimate of drug-likeness (QED) is 0.486. The van der Waals surface area contributed by atoms with E-state index in [4.69, 9.17) is 16.3 Å². The van der Waals surface area contributed by atoms with Crippen molar-refractivity contribution in [1.82, 2.24) is 9.97 Å². The molecule has 0 unspecified atom stereocenters. The molecule has 0 radical (unpaired) electrons. The van der Waals surface area contributed by atoms with Gasteiger partial charge in [0, 0.05) is 18.0 Å². The van der Waals surface area contributed by atoms with Crippen molar-refractivity contribution in [3.05, 3.63) is 23.2 Å². The molecule has 1 saturated carbocycles. The smallest absolute Gasteiger partial charge is 0.327 e. The van der Waals surface area contributed by atoms with Gasteiger partial charge in [0.2, 0.25) is 5.28 Å². The summed E-state index contributed by atoms with van der Waals surface area (Å²) in [4.78, 5) is 19.9. The van der Waals surface area contributed by atoms with Crippen LogP contribution in [0.3, 0.4) is 0 Å². The Morgan fingerprint density at radius 2 is 2.18 bits per heavy atom. The molecule has 0 aliphatic heterocycles. The maximum atomic E-state index is 12.1. The zero-order valence-corrected chi connectivity index (χ0v) is 11.7. The van der Waals surface area contributed by atoms with Crippen LogP contribution in [0.25, 0.3) is 0 Å². The van der Waals surface area contributed by atoms with Crippen LogP contribution < -0.4 is 0 Å². The van der Waals surface area contributed by atoms with E-state index in [1.165, 1.54) is 0 Å². The van der Waals surface area contributed by atoms with E-state index in [9.17, 15) is 4.79 Å². The number of alkyl halides is 1. The number of aromatic nitrogens is 2. The average Bonchev–Trinajstić information content (AvgIpc) is 3.13. The zero-order valence-electron chi connectivity index (χ0n) is 9.32. The second-order valence-electron chi connectivity index (χ2n) is 3.95. The van der Waals surface area contributed by atoms with Crippen molar-refractivity contribution in [3.8, 4) is 0 Å². The summed E-state index contributed by atoms with van der Waals surface area (Å²) >= 11 is 9.16. The predicted octanol–water partition coefficient (Wildman–Crippen LogP) is 2.69. The molecule has 1 aliphatic rings. The number of rotatable bonds is 4. The highest BCUT2D eigenvalue weighted by Gasteiger charge is 2.52. The Bertz CT molecular complexity index is 422. The second kappa shape index (κ2) is 4.90. The molecule has 0 amide bonds. The van der Waals surface area contributed by atoms with Crippen molar-refractivity contribution >= 4 is 33.5 Å². The largest absolute Gasteiger partial charge is 0.465 e. The summed E-state index contributed by atoms with van der Waals surface area (Å²) in [6.07, 6.45) is 5.12. The summed E-state index contributed by atoms with van der Waals surface area (Å²) in [6.45, 7) is 2.14. The number of halogens is 2. The van der Waals surface area contributed by atoms with Gasteiger partial charge in [-0.3, -0.25) is 4.79 Å². The summed E-state index contributed by atoms with van der Waals surface area (Å²) in [5, 5.41) is 0.170. The summed E-state index contributed by atoms with van der Waals surface area (Å²) in [6, 6.07) is 0. The van der Waals surface area contributed by atoms with Crippen LogP contribution in [0.1, 0.15) is 25.3 Å². The van der Waals surface area contributed by atoms with Crippen molar-refractivity contribution in [2.45, 2.75) is 24.1 Å². The van der Waals surface area contributed by atoms with E-state index < -0.39 is 4.32 Å². The molecular weight excluding hydrogens is 307 g/mol. The lowest BCUT2D eigenvalue weighted by molar-refractivity contribution is -0.146. The van der Waals surface area contributed by atoms with E-state index in [1.54, 1.807) is 19.3 Å². The summed E-state index contributed by atoms with van der Waals surface area (Å²) < 4.78 is 4.29. The van der Waals surface area contributed by atoms with Gasteiger partial charge in [0.15, 0.2) is 4.32 Å². The molecule has 1 heterocycles. The lowest BCUT2D eigenvalue weighted by Crippen LogP contribution is -2.34. The summed E-state index contributed by atoms with van der Waals surface area (Å²) in [5.74, 6) is -0.0419. The first-order valence-corrected chi connectivity index (χ1v) is 6.60. The summed E-state index contributed by atoms with van der Waals surface area (Å²) in [7, 11) is 0. The molecule has 4 nitrogen and oxygen atoms in total. The molecule has 0 N–H and O–H groups in total. The van der Waals surface area contributed by atoms with Gasteiger partial charge in [-0.25, -0.2) is 9.97 Å². The molecule has 6 heteroatoms. The molecule has 92 valence electrons. The van der Waals surface area contributed by atoms with Crippen molar-refractivity contribution in [1.29, 1.82) is 0 Å². The minimum absolute atomic E-state index is 0.170. The Morgan fingerprint density at radius 1 is 1.59 bits per heavy atom. The van der Waals surface area contributed by atoms with Crippen LogP contribution >= 0.6 is 27.5 Å². The SMILES string of the molecule is CCOC(=O)[C@@](Br)(c1cnc(Cl)nc1)C1CC1. The Labute approximate surface area is 113 Å². The molecule has 1 aliphatic carbocycles. The summed E-state index contributed by atoms with van der Waals surface area (Å²) in [5.41, 5.74) is 0.697. The van der Waals surface area contributed by atoms with Crippen LogP contribution in [0, 0.1) is 5.92 Å². The fraction of sp³-hybridized carbons (Fsp3) is 0.545. The number of esters is 1. The number of carbonyl (C=O) groups excluding carboxylic acids is 1. The lowest BCUT2D eigenvalue weighted by Gasteiger charge is -2.24. The first-order chi connectivity index (χ1) is 8.09. The van der Waals surface area contributed by atoms with Crippen molar-refractivity contribution in [2.24, 2.45) is 5.92 Å². The van der Waals surface area contributed by atoms with E-state index in [-0.39, 0.29) is 17.2 Å². The van der Waals surface area contributed by atoms with Gasteiger partial charge < -0.3 is 4.74 Å². The monoisotopic (exact) mass is 318 g/mol. The predicted molar refractivity (Wildman–Crippen MR) is 67.0 cm³/mol. The average molecular weight is 320 g/mol. The minimum atomic E-state index is -0.826. The Morgan fingerprint density at radius 3 is 2.65 bits per heavy atom. The topological polar surface area (TPSA) is 52.1 Å². The van der Waals surface area contributed by atoms with Crippen LogP contribution in [0.5, 0.6) is 0 Å². The third kappa shape index (κ3) is 2.45. The van der Waals surface area contributed by atoms with Crippen molar-refractivity contribution < 1.29 is 9.53 Å². The molecule has 0 aromatic carbocycles. The van der Waals surface area contributed by atoms with Crippen LogP contribution in [0.4, 0.5) is 0 Å². The van der Waals surface area contributed by atoms with Gasteiger partial charge in [-0.2, -0.15) is 0 Å². The normalized spacial score (nSPS) is 18.5. The van der Waals surface area contributed by atoms with Gasteiger partial charge >= 0.3 is 5.97 Å². The molecule has 1 fully saturated rings. The Hall–Kier alpha value is -0.680. The highest BCUT2D eigenvalue weighted by molar-refractivity contribution is 9.10. The molecular formula is C11H12BrClN2O2. The van der Waals surface area contributed by atoms with Gasteiger partial charge in [-0.05, 0) is 37.3 Å². The van der Waals surface area contributed by atoms with Gasteiger partial charge in [-0.15, -0.1) is 0 Å². The molecule has 1 aromatic rings. The third-order valence-electron chi connectivity index (χ3n) is 2.75. The van der Waals surface area contributed by atoms with Crippen molar-refractivity contribution in [2.75, 3.05) is 6.61 Å². The molecule has 1 atom stereocenters. The van der Waals surface area contributed by atoms with Gasteiger partial charge in [0.1, 0.15) is 0 Å².